The molecule has 0 heterocycles. The van der Waals surface area contributed by atoms with E-state index in [0.29, 0.717) is 23.5 Å². The van der Waals surface area contributed by atoms with Gasteiger partial charge in [-0.1, -0.05) is 12.1 Å². The molecule has 0 saturated carbocycles. The molecule has 3 heteroatoms. The highest BCUT2D eigenvalue weighted by atomic mass is 16.5. The highest BCUT2D eigenvalue weighted by Gasteiger charge is 2.09. The normalized spacial score (nSPS) is 10.1. The van der Waals surface area contributed by atoms with Gasteiger partial charge in [0.05, 0.1) is 6.61 Å². The van der Waals surface area contributed by atoms with Crippen molar-refractivity contribution in [1.82, 2.24) is 0 Å². The number of ketones is 1. The lowest BCUT2D eigenvalue weighted by Crippen LogP contribution is -2.01. The summed E-state index contributed by atoms with van der Waals surface area (Å²) in [6.07, 6.45) is 0. The number of hydrogen-bond donors (Lipinski definition) is 1. The number of ether oxygens (including phenoxy) is 1. The van der Waals surface area contributed by atoms with Crippen molar-refractivity contribution < 1.29 is 14.6 Å². The van der Waals surface area contributed by atoms with Gasteiger partial charge in [0.15, 0.2) is 5.78 Å². The molecule has 0 radical (unpaired) electrons. The van der Waals surface area contributed by atoms with E-state index in [9.17, 15) is 9.90 Å². The molecule has 0 saturated heterocycles. The molecule has 2 aromatic carbocycles. The Morgan fingerprint density at radius 1 is 1.11 bits per heavy atom. The van der Waals surface area contributed by atoms with Crippen LogP contribution in [-0.4, -0.2) is 17.5 Å². The fourth-order valence-electron chi connectivity index (χ4n) is 1.67. The second-order valence-corrected chi connectivity index (χ2v) is 3.84. The van der Waals surface area contributed by atoms with Crippen LogP contribution in [0.25, 0.3) is 0 Å². The van der Waals surface area contributed by atoms with E-state index in [2.05, 4.69) is 0 Å². The van der Waals surface area contributed by atoms with Gasteiger partial charge in [0.1, 0.15) is 11.5 Å². The van der Waals surface area contributed by atoms with E-state index in [1.807, 2.05) is 13.0 Å². The van der Waals surface area contributed by atoms with Crippen molar-refractivity contribution in [3.63, 3.8) is 0 Å². The van der Waals surface area contributed by atoms with E-state index in [4.69, 9.17) is 4.74 Å². The first-order valence-electron chi connectivity index (χ1n) is 5.77. The minimum Gasteiger partial charge on any atom is -0.508 e. The van der Waals surface area contributed by atoms with Gasteiger partial charge in [0.2, 0.25) is 0 Å². The molecule has 0 spiro atoms. The van der Waals surface area contributed by atoms with Crippen molar-refractivity contribution >= 4 is 5.78 Å². The maximum Gasteiger partial charge on any atom is 0.193 e. The number of phenols is 1. The Bertz CT molecular complexity index is 544. The molecule has 0 atom stereocenters. The Labute approximate surface area is 106 Å². The number of aromatic hydroxyl groups is 1. The summed E-state index contributed by atoms with van der Waals surface area (Å²) in [6, 6.07) is 13.3. The lowest BCUT2D eigenvalue weighted by atomic mass is 10.0. The van der Waals surface area contributed by atoms with Gasteiger partial charge in [0.25, 0.3) is 0 Å². The molecule has 0 fully saturated rings. The Morgan fingerprint density at radius 2 is 1.83 bits per heavy atom. The van der Waals surface area contributed by atoms with Gasteiger partial charge in [-0.15, -0.1) is 0 Å². The third-order valence-corrected chi connectivity index (χ3v) is 2.54. The van der Waals surface area contributed by atoms with Crippen LogP contribution < -0.4 is 4.74 Å². The van der Waals surface area contributed by atoms with Gasteiger partial charge < -0.3 is 9.84 Å². The standard InChI is InChI=1S/C15H14O3/c1-2-18-14-5-3-4-12(10-14)15(17)11-6-8-13(16)9-7-11/h3-10,16H,2H2,1H3. The Morgan fingerprint density at radius 3 is 2.50 bits per heavy atom. The predicted octanol–water partition coefficient (Wildman–Crippen LogP) is 3.02. The van der Waals surface area contributed by atoms with Crippen LogP contribution >= 0.6 is 0 Å². The molecule has 18 heavy (non-hydrogen) atoms. The number of hydrogen-bond acceptors (Lipinski definition) is 3. The molecule has 92 valence electrons. The number of rotatable bonds is 4. The smallest absolute Gasteiger partial charge is 0.193 e. The zero-order valence-corrected chi connectivity index (χ0v) is 10.1. The van der Waals surface area contributed by atoms with Crippen LogP contribution in [-0.2, 0) is 0 Å². The first-order valence-corrected chi connectivity index (χ1v) is 5.77. The minimum absolute atomic E-state index is 0.0865. The Hall–Kier alpha value is -2.29. The molecule has 1 N–H and O–H groups in total. The number of phenolic OH excluding ortho intramolecular Hbond substituents is 1. The van der Waals surface area contributed by atoms with E-state index in [1.54, 1.807) is 30.3 Å². The van der Waals surface area contributed by atoms with Gasteiger partial charge in [0, 0.05) is 11.1 Å². The molecular weight excluding hydrogens is 228 g/mol. The summed E-state index contributed by atoms with van der Waals surface area (Å²) in [5.41, 5.74) is 1.12. The van der Waals surface area contributed by atoms with Crippen molar-refractivity contribution in [2.45, 2.75) is 6.92 Å². The Kier molecular flexibility index (Phi) is 3.63. The third kappa shape index (κ3) is 2.69. The number of carbonyl (C=O) groups is 1. The molecule has 0 aromatic heterocycles. The van der Waals surface area contributed by atoms with Crippen molar-refractivity contribution in [2.75, 3.05) is 6.61 Å². The SMILES string of the molecule is CCOc1cccc(C(=O)c2ccc(O)cc2)c1. The van der Waals surface area contributed by atoms with E-state index in [-0.39, 0.29) is 11.5 Å². The fourth-order valence-corrected chi connectivity index (χ4v) is 1.67. The van der Waals surface area contributed by atoms with Crippen LogP contribution in [0, 0.1) is 0 Å². The summed E-state index contributed by atoms with van der Waals surface area (Å²) >= 11 is 0. The largest absolute Gasteiger partial charge is 0.508 e. The molecule has 0 amide bonds. The summed E-state index contributed by atoms with van der Waals surface area (Å²) in [5.74, 6) is 0.744. The maximum atomic E-state index is 12.2. The summed E-state index contributed by atoms with van der Waals surface area (Å²) in [7, 11) is 0. The summed E-state index contributed by atoms with van der Waals surface area (Å²) in [4.78, 5) is 12.2. The van der Waals surface area contributed by atoms with Gasteiger partial charge >= 0.3 is 0 Å². The summed E-state index contributed by atoms with van der Waals surface area (Å²) in [5, 5.41) is 9.19. The minimum atomic E-state index is -0.0865. The van der Waals surface area contributed by atoms with Crippen LogP contribution in [0.1, 0.15) is 22.8 Å². The van der Waals surface area contributed by atoms with Gasteiger partial charge in [-0.25, -0.2) is 0 Å². The van der Waals surface area contributed by atoms with Crippen LogP contribution in [0.5, 0.6) is 11.5 Å². The van der Waals surface area contributed by atoms with Crippen molar-refractivity contribution in [1.29, 1.82) is 0 Å². The van der Waals surface area contributed by atoms with Gasteiger partial charge in [-0.3, -0.25) is 4.79 Å². The molecular formula is C15H14O3. The molecule has 0 aliphatic heterocycles. The summed E-state index contributed by atoms with van der Waals surface area (Å²) < 4.78 is 5.36. The van der Waals surface area contributed by atoms with Gasteiger partial charge in [-0.05, 0) is 43.3 Å². The van der Waals surface area contributed by atoms with Gasteiger partial charge in [-0.2, -0.15) is 0 Å². The zero-order valence-electron chi connectivity index (χ0n) is 10.1. The maximum absolute atomic E-state index is 12.2. The predicted molar refractivity (Wildman–Crippen MR) is 69.2 cm³/mol. The average Bonchev–Trinajstić information content (AvgIpc) is 2.39. The van der Waals surface area contributed by atoms with Crippen LogP contribution in [0.15, 0.2) is 48.5 Å². The van der Waals surface area contributed by atoms with Crippen LogP contribution in [0.4, 0.5) is 0 Å². The third-order valence-electron chi connectivity index (χ3n) is 2.54. The van der Waals surface area contributed by atoms with E-state index < -0.39 is 0 Å². The fraction of sp³-hybridized carbons (Fsp3) is 0.133. The van der Waals surface area contributed by atoms with E-state index >= 15 is 0 Å². The zero-order chi connectivity index (χ0) is 13.0. The molecule has 0 unspecified atom stereocenters. The quantitative estimate of drug-likeness (QED) is 0.838. The number of carbonyl (C=O) groups excluding carboxylic acids is 1. The second-order valence-electron chi connectivity index (χ2n) is 3.84. The molecule has 0 aliphatic rings. The summed E-state index contributed by atoms with van der Waals surface area (Å²) in [6.45, 7) is 2.46. The average molecular weight is 242 g/mol. The first kappa shape index (κ1) is 12.2. The second kappa shape index (κ2) is 5.36. The van der Waals surface area contributed by atoms with E-state index in [0.717, 1.165) is 0 Å². The molecule has 0 aliphatic carbocycles. The molecule has 2 rings (SSSR count). The highest BCUT2D eigenvalue weighted by Crippen LogP contribution is 2.18. The molecule has 2 aromatic rings. The molecule has 0 bridgehead atoms. The molecule has 3 nitrogen and oxygen atoms in total. The first-order chi connectivity index (χ1) is 8.70. The van der Waals surface area contributed by atoms with E-state index in [1.165, 1.54) is 12.1 Å². The highest BCUT2D eigenvalue weighted by molar-refractivity contribution is 6.09. The monoisotopic (exact) mass is 242 g/mol. The topological polar surface area (TPSA) is 46.5 Å². The van der Waals surface area contributed by atoms with Crippen LogP contribution in [0.3, 0.4) is 0 Å². The number of benzene rings is 2. The van der Waals surface area contributed by atoms with Crippen molar-refractivity contribution in [3.8, 4) is 11.5 Å². The van der Waals surface area contributed by atoms with Crippen molar-refractivity contribution in [2.24, 2.45) is 0 Å². The Balaban J connectivity index is 2.28. The van der Waals surface area contributed by atoms with Crippen molar-refractivity contribution in [3.05, 3.63) is 59.7 Å². The lowest BCUT2D eigenvalue weighted by Gasteiger charge is -2.05. The lowest BCUT2D eigenvalue weighted by molar-refractivity contribution is 0.103. The van der Waals surface area contributed by atoms with Crippen LogP contribution in [0.2, 0.25) is 0 Å².